The predicted molar refractivity (Wildman–Crippen MR) is 67.3 cm³/mol. The van der Waals surface area contributed by atoms with Gasteiger partial charge in [0.25, 0.3) is 0 Å². The summed E-state index contributed by atoms with van der Waals surface area (Å²) < 4.78 is 0. The summed E-state index contributed by atoms with van der Waals surface area (Å²) >= 11 is 3.29. The summed E-state index contributed by atoms with van der Waals surface area (Å²) in [5.74, 6) is 0.979. The van der Waals surface area contributed by atoms with Gasteiger partial charge in [0.05, 0.1) is 0 Å². The van der Waals surface area contributed by atoms with Gasteiger partial charge in [0.15, 0.2) is 0 Å². The molecule has 0 saturated heterocycles. The highest BCUT2D eigenvalue weighted by Gasteiger charge is 2.15. The van der Waals surface area contributed by atoms with Gasteiger partial charge in [0, 0.05) is 11.4 Å². The molecule has 15 heavy (non-hydrogen) atoms. The summed E-state index contributed by atoms with van der Waals surface area (Å²) in [6, 6.07) is 3.27. The maximum atomic E-state index is 11.6. The van der Waals surface area contributed by atoms with Crippen molar-refractivity contribution in [2.75, 3.05) is 18.6 Å². The summed E-state index contributed by atoms with van der Waals surface area (Å²) in [4.78, 5) is 12.5. The predicted octanol–water partition coefficient (Wildman–Crippen LogP) is 1.62. The fourth-order valence-corrected chi connectivity index (χ4v) is 2.29. The number of rotatable bonds is 6. The number of carbonyl (C=O) groups excluding carboxylic acids is 1. The lowest BCUT2D eigenvalue weighted by Gasteiger charge is -2.10. The Morgan fingerprint density at radius 3 is 3.13 bits per heavy atom. The van der Waals surface area contributed by atoms with Crippen LogP contribution in [0, 0.1) is 0 Å². The average molecular weight is 244 g/mol. The summed E-state index contributed by atoms with van der Waals surface area (Å²) in [7, 11) is 0. The standard InChI is InChI=1S/C10H16N2OS2/c1-14-6-3-5-12-10(13)9(11)8-4-2-7-15-8/h2,4,7,9H,3,5-6,11H2,1H3,(H,12,13). The minimum atomic E-state index is -0.515. The third-order valence-electron chi connectivity index (χ3n) is 1.96. The second kappa shape index (κ2) is 6.87. The van der Waals surface area contributed by atoms with Crippen molar-refractivity contribution in [1.82, 2.24) is 5.32 Å². The van der Waals surface area contributed by atoms with Crippen molar-refractivity contribution in [2.45, 2.75) is 12.5 Å². The molecule has 3 N–H and O–H groups in total. The van der Waals surface area contributed by atoms with E-state index in [0.29, 0.717) is 6.54 Å². The van der Waals surface area contributed by atoms with Crippen LogP contribution in [0.5, 0.6) is 0 Å². The Kier molecular flexibility index (Phi) is 5.75. The number of amides is 1. The van der Waals surface area contributed by atoms with Crippen molar-refractivity contribution in [3.05, 3.63) is 22.4 Å². The molecule has 1 heterocycles. The number of thioether (sulfide) groups is 1. The third kappa shape index (κ3) is 4.24. The molecule has 84 valence electrons. The van der Waals surface area contributed by atoms with E-state index in [1.165, 1.54) is 11.3 Å². The molecule has 1 rings (SSSR count). The molecule has 0 aliphatic carbocycles. The van der Waals surface area contributed by atoms with E-state index in [-0.39, 0.29) is 5.91 Å². The smallest absolute Gasteiger partial charge is 0.242 e. The van der Waals surface area contributed by atoms with Gasteiger partial charge in [-0.05, 0) is 29.9 Å². The summed E-state index contributed by atoms with van der Waals surface area (Å²) in [5, 5.41) is 4.76. The highest BCUT2D eigenvalue weighted by molar-refractivity contribution is 7.98. The second-order valence-corrected chi connectivity index (χ2v) is 5.10. The van der Waals surface area contributed by atoms with Crippen LogP contribution in [0.25, 0.3) is 0 Å². The Morgan fingerprint density at radius 1 is 1.73 bits per heavy atom. The first-order valence-corrected chi connectivity index (χ1v) is 7.08. The van der Waals surface area contributed by atoms with E-state index in [9.17, 15) is 4.79 Å². The highest BCUT2D eigenvalue weighted by Crippen LogP contribution is 2.16. The van der Waals surface area contributed by atoms with Crippen molar-refractivity contribution in [1.29, 1.82) is 0 Å². The Labute approximate surface area is 98.4 Å². The lowest BCUT2D eigenvalue weighted by Crippen LogP contribution is -2.34. The van der Waals surface area contributed by atoms with Gasteiger partial charge in [-0.15, -0.1) is 11.3 Å². The van der Waals surface area contributed by atoms with Crippen LogP contribution in [0.4, 0.5) is 0 Å². The van der Waals surface area contributed by atoms with Gasteiger partial charge in [-0.2, -0.15) is 11.8 Å². The van der Waals surface area contributed by atoms with E-state index in [2.05, 4.69) is 11.6 Å². The number of carbonyl (C=O) groups is 1. The van der Waals surface area contributed by atoms with Crippen molar-refractivity contribution in [3.8, 4) is 0 Å². The topological polar surface area (TPSA) is 55.1 Å². The molecule has 0 aliphatic rings. The third-order valence-corrected chi connectivity index (χ3v) is 3.61. The van der Waals surface area contributed by atoms with Crippen LogP contribution < -0.4 is 11.1 Å². The molecule has 0 radical (unpaired) electrons. The van der Waals surface area contributed by atoms with Gasteiger partial charge in [-0.3, -0.25) is 4.79 Å². The molecule has 1 amide bonds. The molecule has 1 aromatic heterocycles. The van der Waals surface area contributed by atoms with E-state index in [4.69, 9.17) is 5.73 Å². The first-order valence-electron chi connectivity index (χ1n) is 4.81. The van der Waals surface area contributed by atoms with Crippen LogP contribution in [0.2, 0.25) is 0 Å². The lowest BCUT2D eigenvalue weighted by atomic mass is 10.2. The molecule has 1 unspecified atom stereocenters. The zero-order valence-corrected chi connectivity index (χ0v) is 10.4. The van der Waals surface area contributed by atoms with Crippen molar-refractivity contribution >= 4 is 29.0 Å². The average Bonchev–Trinajstić information content (AvgIpc) is 2.76. The minimum absolute atomic E-state index is 0.0847. The van der Waals surface area contributed by atoms with Crippen LogP contribution >= 0.6 is 23.1 Å². The second-order valence-electron chi connectivity index (χ2n) is 3.13. The lowest BCUT2D eigenvalue weighted by molar-refractivity contribution is -0.122. The molecular formula is C10H16N2OS2. The molecule has 0 fully saturated rings. The molecule has 0 aliphatic heterocycles. The SMILES string of the molecule is CSCCCNC(=O)C(N)c1cccs1. The van der Waals surface area contributed by atoms with Crippen molar-refractivity contribution < 1.29 is 4.79 Å². The Hall–Kier alpha value is -0.520. The molecular weight excluding hydrogens is 228 g/mol. The number of hydrogen-bond donors (Lipinski definition) is 2. The molecule has 1 aromatic rings. The zero-order chi connectivity index (χ0) is 11.1. The molecule has 0 bridgehead atoms. The van der Waals surface area contributed by atoms with Crippen molar-refractivity contribution in [3.63, 3.8) is 0 Å². The van der Waals surface area contributed by atoms with Gasteiger partial charge >= 0.3 is 0 Å². The summed E-state index contributed by atoms with van der Waals surface area (Å²) in [6.45, 7) is 0.707. The molecule has 0 spiro atoms. The maximum Gasteiger partial charge on any atom is 0.242 e. The van der Waals surface area contributed by atoms with Crippen LogP contribution in [0.15, 0.2) is 17.5 Å². The molecule has 1 atom stereocenters. The normalized spacial score (nSPS) is 12.4. The minimum Gasteiger partial charge on any atom is -0.354 e. The fraction of sp³-hybridized carbons (Fsp3) is 0.500. The molecule has 5 heteroatoms. The summed E-state index contributed by atoms with van der Waals surface area (Å²) in [6.07, 6.45) is 3.04. The van der Waals surface area contributed by atoms with E-state index in [1.54, 1.807) is 11.8 Å². The van der Waals surface area contributed by atoms with Gasteiger partial charge in [0.2, 0.25) is 5.91 Å². The van der Waals surface area contributed by atoms with E-state index >= 15 is 0 Å². The quantitative estimate of drug-likeness (QED) is 0.748. The van der Waals surface area contributed by atoms with Gasteiger partial charge in [-0.1, -0.05) is 6.07 Å². The number of hydrogen-bond acceptors (Lipinski definition) is 4. The number of nitrogens with one attached hydrogen (secondary N) is 1. The van der Waals surface area contributed by atoms with Gasteiger partial charge in [0.1, 0.15) is 6.04 Å². The monoisotopic (exact) mass is 244 g/mol. The zero-order valence-electron chi connectivity index (χ0n) is 8.73. The van der Waals surface area contributed by atoms with Crippen LogP contribution in [0.3, 0.4) is 0 Å². The highest BCUT2D eigenvalue weighted by atomic mass is 32.2. The number of nitrogens with two attached hydrogens (primary N) is 1. The Bertz CT molecular complexity index is 288. The molecule has 3 nitrogen and oxygen atoms in total. The van der Waals surface area contributed by atoms with E-state index < -0.39 is 6.04 Å². The molecule has 0 saturated carbocycles. The van der Waals surface area contributed by atoms with Gasteiger partial charge in [-0.25, -0.2) is 0 Å². The van der Waals surface area contributed by atoms with E-state index in [0.717, 1.165) is 17.1 Å². The number of thiophene rings is 1. The Morgan fingerprint density at radius 2 is 2.53 bits per heavy atom. The first-order chi connectivity index (χ1) is 7.25. The summed E-state index contributed by atoms with van der Waals surface area (Å²) in [5.41, 5.74) is 5.79. The first kappa shape index (κ1) is 12.5. The maximum absolute atomic E-state index is 11.6. The van der Waals surface area contributed by atoms with Crippen molar-refractivity contribution in [2.24, 2.45) is 5.73 Å². The molecule has 0 aromatic carbocycles. The Balaban J connectivity index is 2.28. The van der Waals surface area contributed by atoms with Gasteiger partial charge < -0.3 is 11.1 Å². The van der Waals surface area contributed by atoms with E-state index in [1.807, 2.05) is 17.5 Å². The van der Waals surface area contributed by atoms with Crippen LogP contribution in [-0.2, 0) is 4.79 Å². The van der Waals surface area contributed by atoms with Crippen LogP contribution in [0.1, 0.15) is 17.3 Å². The fourth-order valence-electron chi connectivity index (χ4n) is 1.14. The largest absolute Gasteiger partial charge is 0.354 e. The van der Waals surface area contributed by atoms with Crippen LogP contribution in [-0.4, -0.2) is 24.5 Å².